The fraction of sp³-hybridized carbons (Fsp3) is 0.364. The molecule has 0 aliphatic heterocycles. The molecule has 4 N–H and O–H groups in total. The first kappa shape index (κ1) is 26.8. The summed E-state index contributed by atoms with van der Waals surface area (Å²) >= 11 is 6.29. The van der Waals surface area contributed by atoms with Crippen molar-refractivity contribution >= 4 is 47.4 Å². The summed E-state index contributed by atoms with van der Waals surface area (Å²) in [7, 11) is 1.62. The second-order valence-corrected chi connectivity index (χ2v) is 6.95. The number of nitrogens with one attached hydrogen (secondary N) is 2. The van der Waals surface area contributed by atoms with E-state index in [9.17, 15) is 4.79 Å². The second-order valence-electron chi connectivity index (χ2n) is 6.54. The smallest absolute Gasteiger partial charge is 0.255 e. The zero-order valence-corrected chi connectivity index (χ0v) is 20.9. The Morgan fingerprint density at radius 2 is 1.81 bits per heavy atom. The van der Waals surface area contributed by atoms with Gasteiger partial charge in [0, 0.05) is 24.7 Å². The summed E-state index contributed by atoms with van der Waals surface area (Å²) in [5.41, 5.74) is 7.26. The van der Waals surface area contributed by atoms with Crippen LogP contribution in [0.4, 0.5) is 0 Å². The standard InChI is InChI=1S/C22H29ClN4O3.HI/c1-3-25-22(27-13-11-17-6-9-19(29-2)14-20(17)23)26-12-10-16-4-7-18(8-5-16)30-15-21(24)28;/h4-9,14H,3,10-13,15H2,1-2H3,(H2,24,28)(H2,25,26,27);1H. The zero-order valence-electron chi connectivity index (χ0n) is 17.8. The van der Waals surface area contributed by atoms with Crippen LogP contribution in [-0.2, 0) is 17.6 Å². The summed E-state index contributed by atoms with van der Waals surface area (Å²) in [5.74, 6) is 1.64. The predicted octanol–water partition coefficient (Wildman–Crippen LogP) is 3.17. The molecule has 0 spiro atoms. The molecule has 0 saturated heterocycles. The normalized spacial score (nSPS) is 10.7. The lowest BCUT2D eigenvalue weighted by molar-refractivity contribution is -0.119. The van der Waals surface area contributed by atoms with Crippen molar-refractivity contribution < 1.29 is 14.3 Å². The highest BCUT2D eigenvalue weighted by atomic mass is 127. The lowest BCUT2D eigenvalue weighted by Gasteiger charge is -2.12. The molecule has 0 atom stereocenters. The van der Waals surface area contributed by atoms with Crippen LogP contribution in [0, 0.1) is 0 Å². The summed E-state index contributed by atoms with van der Waals surface area (Å²) < 4.78 is 10.4. The number of methoxy groups -OCH3 is 1. The molecule has 2 aromatic rings. The van der Waals surface area contributed by atoms with E-state index < -0.39 is 5.91 Å². The molecule has 9 heteroatoms. The molecule has 7 nitrogen and oxygen atoms in total. The highest BCUT2D eigenvalue weighted by Crippen LogP contribution is 2.22. The molecule has 2 aromatic carbocycles. The molecule has 31 heavy (non-hydrogen) atoms. The summed E-state index contributed by atoms with van der Waals surface area (Å²) in [6, 6.07) is 13.3. The van der Waals surface area contributed by atoms with E-state index in [0.29, 0.717) is 17.3 Å². The number of carbonyl (C=O) groups is 1. The molecule has 0 saturated carbocycles. The van der Waals surface area contributed by atoms with Gasteiger partial charge in [-0.25, -0.2) is 0 Å². The van der Waals surface area contributed by atoms with Crippen LogP contribution in [0.15, 0.2) is 47.5 Å². The van der Waals surface area contributed by atoms with Gasteiger partial charge < -0.3 is 25.8 Å². The zero-order chi connectivity index (χ0) is 21.8. The van der Waals surface area contributed by atoms with Crippen LogP contribution >= 0.6 is 35.6 Å². The minimum absolute atomic E-state index is 0. The third-order valence-electron chi connectivity index (χ3n) is 4.27. The van der Waals surface area contributed by atoms with Gasteiger partial charge in [0.25, 0.3) is 5.91 Å². The van der Waals surface area contributed by atoms with E-state index in [-0.39, 0.29) is 30.6 Å². The number of carbonyl (C=O) groups excluding carboxylic acids is 1. The Balaban J connectivity index is 0.00000480. The highest BCUT2D eigenvalue weighted by Gasteiger charge is 2.03. The number of ether oxygens (including phenoxy) is 2. The lowest BCUT2D eigenvalue weighted by atomic mass is 10.1. The van der Waals surface area contributed by atoms with Gasteiger partial charge in [-0.3, -0.25) is 9.79 Å². The maximum Gasteiger partial charge on any atom is 0.255 e. The molecular formula is C22H30ClIN4O3. The number of aliphatic imine (C=N–C) groups is 1. The van der Waals surface area contributed by atoms with Crippen molar-refractivity contribution in [3.8, 4) is 11.5 Å². The molecule has 0 fully saturated rings. The predicted molar refractivity (Wildman–Crippen MR) is 136 cm³/mol. The summed E-state index contributed by atoms with van der Waals surface area (Å²) in [6.07, 6.45) is 1.57. The Hall–Kier alpha value is -2.20. The Labute approximate surface area is 205 Å². The van der Waals surface area contributed by atoms with Gasteiger partial charge in [-0.1, -0.05) is 29.8 Å². The van der Waals surface area contributed by atoms with E-state index in [0.717, 1.165) is 48.8 Å². The summed E-state index contributed by atoms with van der Waals surface area (Å²) in [6.45, 7) is 4.04. The molecule has 0 bridgehead atoms. The Morgan fingerprint density at radius 3 is 2.42 bits per heavy atom. The highest BCUT2D eigenvalue weighted by molar-refractivity contribution is 14.0. The second kappa shape index (κ2) is 14.7. The fourth-order valence-corrected chi connectivity index (χ4v) is 2.98. The van der Waals surface area contributed by atoms with E-state index in [4.69, 9.17) is 26.8 Å². The molecule has 0 aliphatic rings. The topological polar surface area (TPSA) is 98.0 Å². The molecule has 0 unspecified atom stereocenters. The number of hydrogen-bond donors (Lipinski definition) is 3. The third-order valence-corrected chi connectivity index (χ3v) is 4.62. The van der Waals surface area contributed by atoms with Crippen molar-refractivity contribution in [3.05, 3.63) is 58.6 Å². The maximum atomic E-state index is 10.8. The molecule has 2 rings (SSSR count). The molecule has 1 amide bonds. The van der Waals surface area contributed by atoms with Gasteiger partial charge in [0.05, 0.1) is 7.11 Å². The van der Waals surface area contributed by atoms with Gasteiger partial charge in [-0.05, 0) is 55.2 Å². The number of guanidine groups is 1. The Morgan fingerprint density at radius 1 is 1.10 bits per heavy atom. The monoisotopic (exact) mass is 560 g/mol. The molecular weight excluding hydrogens is 531 g/mol. The van der Waals surface area contributed by atoms with Crippen molar-refractivity contribution in [1.82, 2.24) is 10.6 Å². The molecule has 0 heterocycles. The van der Waals surface area contributed by atoms with E-state index in [1.807, 2.05) is 49.4 Å². The van der Waals surface area contributed by atoms with Crippen LogP contribution in [0.2, 0.25) is 5.02 Å². The number of nitrogens with two attached hydrogens (primary N) is 1. The van der Waals surface area contributed by atoms with E-state index in [1.165, 1.54) is 0 Å². The number of amides is 1. The van der Waals surface area contributed by atoms with Gasteiger partial charge in [0.1, 0.15) is 11.5 Å². The number of primary amides is 1. The van der Waals surface area contributed by atoms with E-state index in [1.54, 1.807) is 7.11 Å². The third kappa shape index (κ3) is 10.1. The maximum absolute atomic E-state index is 10.8. The van der Waals surface area contributed by atoms with E-state index >= 15 is 0 Å². The van der Waals surface area contributed by atoms with Crippen molar-refractivity contribution in [2.45, 2.75) is 19.8 Å². The number of hydrogen-bond acceptors (Lipinski definition) is 4. The van der Waals surface area contributed by atoms with Crippen LogP contribution in [0.1, 0.15) is 18.1 Å². The Kier molecular flexibility index (Phi) is 12.8. The van der Waals surface area contributed by atoms with Gasteiger partial charge in [-0.15, -0.1) is 24.0 Å². The largest absolute Gasteiger partial charge is 0.497 e. The first-order chi connectivity index (χ1) is 14.5. The SMILES string of the molecule is CCNC(=NCCc1ccc(OC)cc1Cl)NCCc1ccc(OCC(N)=O)cc1.I. The quantitative estimate of drug-likeness (QED) is 0.223. The van der Waals surface area contributed by atoms with Crippen LogP contribution in [0.25, 0.3) is 0 Å². The Bertz CT molecular complexity index is 847. The summed E-state index contributed by atoms with van der Waals surface area (Å²) in [4.78, 5) is 15.4. The van der Waals surface area contributed by atoms with Gasteiger partial charge in [0.2, 0.25) is 0 Å². The number of rotatable bonds is 11. The van der Waals surface area contributed by atoms with Gasteiger partial charge in [0.15, 0.2) is 12.6 Å². The van der Waals surface area contributed by atoms with Crippen LogP contribution in [0.3, 0.4) is 0 Å². The van der Waals surface area contributed by atoms with Crippen molar-refractivity contribution in [3.63, 3.8) is 0 Å². The number of benzene rings is 2. The first-order valence-corrected chi connectivity index (χ1v) is 10.2. The van der Waals surface area contributed by atoms with E-state index in [2.05, 4.69) is 15.6 Å². The first-order valence-electron chi connectivity index (χ1n) is 9.86. The van der Waals surface area contributed by atoms with Crippen LogP contribution < -0.4 is 25.8 Å². The summed E-state index contributed by atoms with van der Waals surface area (Å²) in [5, 5.41) is 7.27. The molecule has 0 aliphatic carbocycles. The van der Waals surface area contributed by atoms with Crippen molar-refractivity contribution in [2.75, 3.05) is 33.4 Å². The number of halogens is 2. The molecule has 0 aromatic heterocycles. The minimum atomic E-state index is -0.493. The molecule has 170 valence electrons. The van der Waals surface area contributed by atoms with Crippen molar-refractivity contribution in [2.24, 2.45) is 10.7 Å². The molecule has 0 radical (unpaired) electrons. The minimum Gasteiger partial charge on any atom is -0.497 e. The van der Waals surface area contributed by atoms with Gasteiger partial charge >= 0.3 is 0 Å². The van der Waals surface area contributed by atoms with Crippen molar-refractivity contribution in [1.29, 1.82) is 0 Å². The van der Waals surface area contributed by atoms with Crippen LogP contribution in [0.5, 0.6) is 11.5 Å². The lowest BCUT2D eigenvalue weighted by Crippen LogP contribution is -2.38. The average molecular weight is 561 g/mol. The fourth-order valence-electron chi connectivity index (χ4n) is 2.72. The van der Waals surface area contributed by atoms with Gasteiger partial charge in [-0.2, -0.15) is 0 Å². The average Bonchev–Trinajstić information content (AvgIpc) is 2.74. The number of nitrogens with zero attached hydrogens (tertiary/aromatic N) is 1. The van der Waals surface area contributed by atoms with Crippen LogP contribution in [-0.4, -0.2) is 45.2 Å².